The van der Waals surface area contributed by atoms with E-state index in [9.17, 15) is 4.79 Å². The van der Waals surface area contributed by atoms with E-state index >= 15 is 0 Å². The highest BCUT2D eigenvalue weighted by atomic mass is 16.6. The van der Waals surface area contributed by atoms with E-state index in [0.717, 1.165) is 25.9 Å². The quantitative estimate of drug-likeness (QED) is 0.822. The van der Waals surface area contributed by atoms with Crippen LogP contribution in [0.2, 0.25) is 0 Å². The standard InChI is InChI=1S/C16H25N3O2/c1-16(2,3)19(12-8-10-18-11-9-12)15(20)21-14-7-5-4-6-13(14)17/h4-7,12,18H,8-11,17H2,1-3H3. The molecule has 0 bridgehead atoms. The molecule has 5 heteroatoms. The highest BCUT2D eigenvalue weighted by Crippen LogP contribution is 2.26. The third-order valence-corrected chi connectivity index (χ3v) is 3.71. The average molecular weight is 291 g/mol. The summed E-state index contributed by atoms with van der Waals surface area (Å²) in [7, 11) is 0. The number of nitrogens with one attached hydrogen (secondary N) is 1. The molecule has 1 saturated heterocycles. The molecule has 1 heterocycles. The van der Waals surface area contributed by atoms with Crippen LogP contribution in [0.25, 0.3) is 0 Å². The predicted molar refractivity (Wildman–Crippen MR) is 84.4 cm³/mol. The molecule has 1 aliphatic heterocycles. The topological polar surface area (TPSA) is 67.6 Å². The molecular weight excluding hydrogens is 266 g/mol. The molecule has 3 N–H and O–H groups in total. The van der Waals surface area contributed by atoms with Gasteiger partial charge in [0.05, 0.1) is 5.69 Å². The minimum atomic E-state index is -0.327. The number of anilines is 1. The van der Waals surface area contributed by atoms with Crippen LogP contribution in [0.1, 0.15) is 33.6 Å². The molecule has 1 aliphatic rings. The molecule has 0 aliphatic carbocycles. The number of ether oxygens (including phenoxy) is 1. The van der Waals surface area contributed by atoms with Crippen molar-refractivity contribution in [3.8, 4) is 5.75 Å². The number of nitrogens with two attached hydrogens (primary N) is 1. The number of carbonyl (C=O) groups is 1. The van der Waals surface area contributed by atoms with Crippen molar-refractivity contribution >= 4 is 11.8 Å². The lowest BCUT2D eigenvalue weighted by atomic mass is 9.98. The molecule has 2 rings (SSSR count). The van der Waals surface area contributed by atoms with Crippen molar-refractivity contribution in [3.05, 3.63) is 24.3 Å². The number of piperidine rings is 1. The summed E-state index contributed by atoms with van der Waals surface area (Å²) in [5, 5.41) is 3.32. The van der Waals surface area contributed by atoms with Gasteiger partial charge in [-0.05, 0) is 58.8 Å². The Kier molecular flexibility index (Phi) is 4.73. The minimum absolute atomic E-state index is 0.198. The van der Waals surface area contributed by atoms with Crippen LogP contribution in [0.5, 0.6) is 5.75 Å². The van der Waals surface area contributed by atoms with Crippen LogP contribution in [-0.2, 0) is 0 Å². The van der Waals surface area contributed by atoms with E-state index in [0.29, 0.717) is 11.4 Å². The summed E-state index contributed by atoms with van der Waals surface area (Å²) in [6.45, 7) is 7.95. The number of amides is 1. The van der Waals surface area contributed by atoms with Gasteiger partial charge in [0, 0.05) is 11.6 Å². The van der Waals surface area contributed by atoms with Gasteiger partial charge < -0.3 is 15.8 Å². The van der Waals surface area contributed by atoms with E-state index in [1.54, 1.807) is 12.1 Å². The molecule has 1 fully saturated rings. The number of nitrogens with zero attached hydrogens (tertiary/aromatic N) is 1. The van der Waals surface area contributed by atoms with Gasteiger partial charge in [0.15, 0.2) is 5.75 Å². The molecule has 1 aromatic carbocycles. The van der Waals surface area contributed by atoms with Crippen LogP contribution in [0.3, 0.4) is 0 Å². The zero-order chi connectivity index (χ0) is 15.5. The molecule has 0 radical (unpaired) electrons. The third kappa shape index (κ3) is 3.88. The summed E-state index contributed by atoms with van der Waals surface area (Å²) in [5.74, 6) is 0.422. The fourth-order valence-electron chi connectivity index (χ4n) is 2.75. The van der Waals surface area contributed by atoms with Crippen molar-refractivity contribution in [2.75, 3.05) is 18.8 Å². The van der Waals surface area contributed by atoms with Crippen LogP contribution in [0, 0.1) is 0 Å². The fourth-order valence-corrected chi connectivity index (χ4v) is 2.75. The second kappa shape index (κ2) is 6.35. The highest BCUT2D eigenvalue weighted by molar-refractivity contribution is 5.74. The lowest BCUT2D eigenvalue weighted by Gasteiger charge is -2.42. The summed E-state index contributed by atoms with van der Waals surface area (Å²) >= 11 is 0. The van der Waals surface area contributed by atoms with Gasteiger partial charge in [-0.25, -0.2) is 4.79 Å². The van der Waals surface area contributed by atoms with Gasteiger partial charge in [-0.1, -0.05) is 12.1 Å². The Labute approximate surface area is 126 Å². The Morgan fingerprint density at radius 1 is 1.29 bits per heavy atom. The van der Waals surface area contributed by atoms with E-state index in [-0.39, 0.29) is 17.7 Å². The summed E-state index contributed by atoms with van der Waals surface area (Å²) in [4.78, 5) is 14.5. The van der Waals surface area contributed by atoms with Crippen molar-refractivity contribution in [1.29, 1.82) is 0 Å². The van der Waals surface area contributed by atoms with Crippen molar-refractivity contribution in [3.63, 3.8) is 0 Å². The van der Waals surface area contributed by atoms with E-state index in [4.69, 9.17) is 10.5 Å². The number of benzene rings is 1. The zero-order valence-electron chi connectivity index (χ0n) is 13.1. The minimum Gasteiger partial charge on any atom is -0.408 e. The van der Waals surface area contributed by atoms with Gasteiger partial charge in [-0.15, -0.1) is 0 Å². The Bertz CT molecular complexity index is 491. The maximum Gasteiger partial charge on any atom is 0.415 e. The Morgan fingerprint density at radius 3 is 2.48 bits per heavy atom. The number of nitrogen functional groups attached to an aromatic ring is 1. The van der Waals surface area contributed by atoms with Crippen molar-refractivity contribution < 1.29 is 9.53 Å². The molecule has 0 spiro atoms. The number of carbonyl (C=O) groups excluding carboxylic acids is 1. The first-order valence-electron chi connectivity index (χ1n) is 7.46. The van der Waals surface area contributed by atoms with Crippen LogP contribution >= 0.6 is 0 Å². The maximum atomic E-state index is 12.6. The highest BCUT2D eigenvalue weighted by Gasteiger charge is 2.35. The Hall–Kier alpha value is -1.75. The lowest BCUT2D eigenvalue weighted by molar-refractivity contribution is 0.0646. The molecule has 0 atom stereocenters. The first kappa shape index (κ1) is 15.6. The molecule has 5 nitrogen and oxygen atoms in total. The van der Waals surface area contributed by atoms with Gasteiger partial charge in [0.2, 0.25) is 0 Å². The molecule has 1 aromatic rings. The molecule has 1 amide bonds. The van der Waals surface area contributed by atoms with Gasteiger partial charge in [0.25, 0.3) is 0 Å². The first-order chi connectivity index (χ1) is 9.89. The largest absolute Gasteiger partial charge is 0.415 e. The van der Waals surface area contributed by atoms with Crippen LogP contribution in [0.15, 0.2) is 24.3 Å². The van der Waals surface area contributed by atoms with E-state index in [2.05, 4.69) is 5.32 Å². The number of hydrogen-bond acceptors (Lipinski definition) is 4. The summed E-state index contributed by atoms with van der Waals surface area (Å²) < 4.78 is 5.53. The predicted octanol–water partition coefficient (Wildman–Crippen LogP) is 2.62. The van der Waals surface area contributed by atoms with Gasteiger partial charge in [0.1, 0.15) is 0 Å². The summed E-state index contributed by atoms with van der Waals surface area (Å²) in [5.41, 5.74) is 6.04. The van der Waals surface area contributed by atoms with Crippen molar-refractivity contribution in [1.82, 2.24) is 10.2 Å². The van der Waals surface area contributed by atoms with Crippen LogP contribution in [-0.4, -0.2) is 35.7 Å². The average Bonchev–Trinajstić information content (AvgIpc) is 2.41. The first-order valence-corrected chi connectivity index (χ1v) is 7.46. The van der Waals surface area contributed by atoms with Gasteiger partial charge in [-0.2, -0.15) is 0 Å². The maximum absolute atomic E-state index is 12.6. The number of para-hydroxylation sites is 2. The molecule has 0 unspecified atom stereocenters. The summed E-state index contributed by atoms with van der Waals surface area (Å²) in [6, 6.07) is 7.28. The normalized spacial score (nSPS) is 16.5. The molecule has 21 heavy (non-hydrogen) atoms. The van der Waals surface area contributed by atoms with Gasteiger partial charge >= 0.3 is 6.09 Å². The lowest BCUT2D eigenvalue weighted by Crippen LogP contribution is -2.55. The van der Waals surface area contributed by atoms with E-state index in [1.807, 2.05) is 37.8 Å². The fraction of sp³-hybridized carbons (Fsp3) is 0.562. The van der Waals surface area contributed by atoms with E-state index < -0.39 is 0 Å². The molecular formula is C16H25N3O2. The SMILES string of the molecule is CC(C)(C)N(C(=O)Oc1ccccc1N)C1CCNCC1. The Morgan fingerprint density at radius 2 is 1.90 bits per heavy atom. The number of hydrogen-bond donors (Lipinski definition) is 2. The van der Waals surface area contributed by atoms with Gasteiger partial charge in [-0.3, -0.25) is 4.90 Å². The van der Waals surface area contributed by atoms with Crippen LogP contribution < -0.4 is 15.8 Å². The smallest absolute Gasteiger partial charge is 0.408 e. The molecule has 0 saturated carbocycles. The zero-order valence-corrected chi connectivity index (χ0v) is 13.1. The second-order valence-electron chi connectivity index (χ2n) is 6.43. The second-order valence-corrected chi connectivity index (χ2v) is 6.43. The van der Waals surface area contributed by atoms with Crippen molar-refractivity contribution in [2.24, 2.45) is 0 Å². The van der Waals surface area contributed by atoms with E-state index in [1.165, 1.54) is 0 Å². The van der Waals surface area contributed by atoms with Crippen LogP contribution in [0.4, 0.5) is 10.5 Å². The number of rotatable bonds is 2. The van der Waals surface area contributed by atoms with Crippen molar-refractivity contribution in [2.45, 2.75) is 45.2 Å². The summed E-state index contributed by atoms with van der Waals surface area (Å²) in [6.07, 6.45) is 1.56. The third-order valence-electron chi connectivity index (χ3n) is 3.71. The molecule has 0 aromatic heterocycles. The Balaban J connectivity index is 2.16. The monoisotopic (exact) mass is 291 g/mol. The molecule has 116 valence electrons.